The molecule has 116 valence electrons. The van der Waals surface area contributed by atoms with Crippen LogP contribution in [0.15, 0.2) is 10.7 Å². The molecule has 0 saturated carbocycles. The number of pyridine rings is 1. The summed E-state index contributed by atoms with van der Waals surface area (Å²) < 4.78 is 10.9. The molecular formula is C13H17BrN2O5. The van der Waals surface area contributed by atoms with Crippen LogP contribution in [0.3, 0.4) is 0 Å². The molecule has 0 aliphatic rings. The molecule has 1 rings (SSSR count). The normalized spacial score (nSPS) is 11.7. The Hall–Kier alpha value is -1.67. The summed E-state index contributed by atoms with van der Waals surface area (Å²) in [5.74, 6) is -0.466. The van der Waals surface area contributed by atoms with Gasteiger partial charge in [0.15, 0.2) is 23.0 Å². The Morgan fingerprint density at radius 2 is 2.19 bits per heavy atom. The lowest BCUT2D eigenvalue weighted by molar-refractivity contribution is -0.119. The lowest BCUT2D eigenvalue weighted by atomic mass is 10.2. The van der Waals surface area contributed by atoms with Gasteiger partial charge in [0.05, 0.1) is 20.3 Å². The molecule has 0 bridgehead atoms. The zero-order valence-electron chi connectivity index (χ0n) is 12.0. The summed E-state index contributed by atoms with van der Waals surface area (Å²) in [6, 6.07) is 0.578. The van der Waals surface area contributed by atoms with Crippen LogP contribution in [-0.2, 0) is 4.79 Å². The molecule has 1 aromatic rings. The number of carbonyl (C=O) groups excluding carboxylic acids is 2. The molecule has 2 N–H and O–H groups in total. The van der Waals surface area contributed by atoms with E-state index in [1.165, 1.54) is 14.0 Å². The Balaban J connectivity index is 3.18. The van der Waals surface area contributed by atoms with Crippen molar-refractivity contribution < 1.29 is 24.2 Å². The van der Waals surface area contributed by atoms with Crippen molar-refractivity contribution in [2.24, 2.45) is 0 Å². The molecule has 0 aliphatic heterocycles. The summed E-state index contributed by atoms with van der Waals surface area (Å²) in [5, 5.41) is 11.5. The average molecular weight is 361 g/mol. The van der Waals surface area contributed by atoms with Crippen LogP contribution < -0.4 is 14.8 Å². The van der Waals surface area contributed by atoms with Crippen LogP contribution in [0, 0.1) is 0 Å². The van der Waals surface area contributed by atoms with E-state index < -0.39 is 18.6 Å². The number of Topliss-reactive ketones (excluding diaryl/α,β-unsaturated/α-hetero) is 1. The Morgan fingerprint density at radius 1 is 1.52 bits per heavy atom. The Bertz CT molecular complexity index is 536. The van der Waals surface area contributed by atoms with Crippen LogP contribution in [0.25, 0.3) is 0 Å². The van der Waals surface area contributed by atoms with Gasteiger partial charge in [-0.1, -0.05) is 0 Å². The predicted molar refractivity (Wildman–Crippen MR) is 78.7 cm³/mol. The first-order valence-electron chi connectivity index (χ1n) is 6.24. The highest BCUT2D eigenvalue weighted by Crippen LogP contribution is 2.32. The molecule has 21 heavy (non-hydrogen) atoms. The van der Waals surface area contributed by atoms with Crippen molar-refractivity contribution in [3.8, 4) is 11.5 Å². The van der Waals surface area contributed by atoms with Crippen LogP contribution in [0.2, 0.25) is 0 Å². The van der Waals surface area contributed by atoms with Gasteiger partial charge in [0.2, 0.25) is 0 Å². The zero-order chi connectivity index (χ0) is 16.0. The van der Waals surface area contributed by atoms with Crippen molar-refractivity contribution in [2.75, 3.05) is 20.3 Å². The van der Waals surface area contributed by atoms with Gasteiger partial charge in [0.25, 0.3) is 5.91 Å². The topological polar surface area (TPSA) is 97.8 Å². The molecule has 1 atom stereocenters. The van der Waals surface area contributed by atoms with E-state index in [2.05, 4.69) is 26.2 Å². The number of nitrogens with zero attached hydrogens (tertiary/aromatic N) is 1. The fourth-order valence-corrected chi connectivity index (χ4v) is 1.96. The standard InChI is InChI=1S/C13H17BrN2O5/c1-4-21-12-9(20-3)5-10(14)16-11(12)13(19)15-8(6-17)7(2)18/h5,8,17H,4,6H2,1-3H3,(H,15,19). The summed E-state index contributed by atoms with van der Waals surface area (Å²) >= 11 is 3.18. The SMILES string of the molecule is CCOc1c(OC)cc(Br)nc1C(=O)NC(CO)C(C)=O. The average Bonchev–Trinajstić information content (AvgIpc) is 2.45. The maximum atomic E-state index is 12.2. The number of ketones is 1. The first kappa shape index (κ1) is 17.4. The number of aliphatic hydroxyl groups is 1. The lowest BCUT2D eigenvalue weighted by Gasteiger charge is -2.16. The lowest BCUT2D eigenvalue weighted by Crippen LogP contribution is -2.42. The predicted octanol–water partition coefficient (Wildman–Crippen LogP) is 0.931. The molecule has 0 spiro atoms. The molecule has 0 saturated heterocycles. The fourth-order valence-electron chi connectivity index (χ4n) is 1.57. The van der Waals surface area contributed by atoms with Crippen molar-refractivity contribution >= 4 is 27.6 Å². The number of ether oxygens (including phenoxy) is 2. The van der Waals surface area contributed by atoms with Crippen molar-refractivity contribution in [2.45, 2.75) is 19.9 Å². The van der Waals surface area contributed by atoms with E-state index in [1.807, 2.05) is 0 Å². The number of aliphatic hydroxyl groups excluding tert-OH is 1. The van der Waals surface area contributed by atoms with Crippen molar-refractivity contribution in [3.63, 3.8) is 0 Å². The highest BCUT2D eigenvalue weighted by molar-refractivity contribution is 9.10. The van der Waals surface area contributed by atoms with Crippen LogP contribution in [-0.4, -0.2) is 48.1 Å². The molecule has 0 aromatic carbocycles. The maximum absolute atomic E-state index is 12.2. The largest absolute Gasteiger partial charge is 0.493 e. The van der Waals surface area contributed by atoms with Gasteiger partial charge in [-0.3, -0.25) is 9.59 Å². The van der Waals surface area contributed by atoms with E-state index in [9.17, 15) is 9.59 Å². The van der Waals surface area contributed by atoms with E-state index in [4.69, 9.17) is 14.6 Å². The molecule has 1 amide bonds. The number of methoxy groups -OCH3 is 1. The first-order valence-corrected chi connectivity index (χ1v) is 7.03. The Morgan fingerprint density at radius 3 is 2.67 bits per heavy atom. The number of aromatic nitrogens is 1. The molecule has 7 nitrogen and oxygen atoms in total. The number of hydrogen-bond donors (Lipinski definition) is 2. The maximum Gasteiger partial charge on any atom is 0.274 e. The van der Waals surface area contributed by atoms with Crippen LogP contribution in [0.4, 0.5) is 0 Å². The second-order valence-corrected chi connectivity index (χ2v) is 4.89. The van der Waals surface area contributed by atoms with Gasteiger partial charge in [0, 0.05) is 6.07 Å². The Labute approximate surface area is 130 Å². The summed E-state index contributed by atoms with van der Waals surface area (Å²) in [6.07, 6.45) is 0. The zero-order valence-corrected chi connectivity index (χ0v) is 13.6. The second-order valence-electron chi connectivity index (χ2n) is 4.08. The van der Waals surface area contributed by atoms with Gasteiger partial charge in [-0.05, 0) is 29.8 Å². The first-order chi connectivity index (χ1) is 9.94. The van der Waals surface area contributed by atoms with E-state index >= 15 is 0 Å². The number of halogens is 1. The number of nitrogens with one attached hydrogen (secondary N) is 1. The van der Waals surface area contributed by atoms with Gasteiger partial charge < -0.3 is 19.9 Å². The summed E-state index contributed by atoms with van der Waals surface area (Å²) in [5.41, 5.74) is -0.0252. The highest BCUT2D eigenvalue weighted by atomic mass is 79.9. The Kier molecular flexibility index (Phi) is 6.57. The molecule has 1 unspecified atom stereocenters. The summed E-state index contributed by atoms with van der Waals surface area (Å²) in [4.78, 5) is 27.6. The quantitative estimate of drug-likeness (QED) is 0.702. The number of rotatable bonds is 7. The van der Waals surface area contributed by atoms with Crippen LogP contribution in [0.5, 0.6) is 11.5 Å². The van der Waals surface area contributed by atoms with Crippen molar-refractivity contribution in [3.05, 3.63) is 16.4 Å². The van der Waals surface area contributed by atoms with Gasteiger partial charge in [-0.25, -0.2) is 4.98 Å². The monoisotopic (exact) mass is 360 g/mol. The van der Waals surface area contributed by atoms with E-state index in [0.717, 1.165) is 0 Å². The molecular weight excluding hydrogens is 344 g/mol. The number of hydrogen-bond acceptors (Lipinski definition) is 6. The van der Waals surface area contributed by atoms with E-state index in [0.29, 0.717) is 17.0 Å². The summed E-state index contributed by atoms with van der Waals surface area (Å²) in [6.45, 7) is 2.86. The molecule has 1 aromatic heterocycles. The van der Waals surface area contributed by atoms with E-state index in [1.54, 1.807) is 13.0 Å². The minimum Gasteiger partial charge on any atom is -0.493 e. The second kappa shape index (κ2) is 7.94. The minimum atomic E-state index is -0.987. The molecule has 8 heteroatoms. The van der Waals surface area contributed by atoms with Gasteiger partial charge in [0.1, 0.15) is 10.6 Å². The summed E-state index contributed by atoms with van der Waals surface area (Å²) in [7, 11) is 1.44. The molecule has 0 radical (unpaired) electrons. The fraction of sp³-hybridized carbons (Fsp3) is 0.462. The smallest absolute Gasteiger partial charge is 0.274 e. The van der Waals surface area contributed by atoms with Gasteiger partial charge in [-0.2, -0.15) is 0 Å². The van der Waals surface area contributed by atoms with Crippen molar-refractivity contribution in [1.29, 1.82) is 0 Å². The van der Waals surface area contributed by atoms with Crippen LogP contribution in [0.1, 0.15) is 24.3 Å². The van der Waals surface area contributed by atoms with Gasteiger partial charge in [-0.15, -0.1) is 0 Å². The van der Waals surface area contributed by atoms with Crippen LogP contribution >= 0.6 is 15.9 Å². The van der Waals surface area contributed by atoms with E-state index in [-0.39, 0.29) is 17.2 Å². The number of amides is 1. The van der Waals surface area contributed by atoms with Crippen molar-refractivity contribution in [1.82, 2.24) is 10.3 Å². The van der Waals surface area contributed by atoms with Gasteiger partial charge >= 0.3 is 0 Å². The minimum absolute atomic E-state index is 0.0252. The molecule has 0 fully saturated rings. The molecule has 0 aliphatic carbocycles. The third-order valence-corrected chi connectivity index (χ3v) is 3.02. The molecule has 1 heterocycles. The number of carbonyl (C=O) groups is 2. The third-order valence-electron chi connectivity index (χ3n) is 2.61. The third kappa shape index (κ3) is 4.40. The highest BCUT2D eigenvalue weighted by Gasteiger charge is 2.24.